The average molecular weight is 312 g/mol. The van der Waals surface area contributed by atoms with Crippen LogP contribution in [0.1, 0.15) is 22.6 Å². The Morgan fingerprint density at radius 2 is 1.09 bits per heavy atom. The van der Waals surface area contributed by atoms with E-state index in [0.29, 0.717) is 11.5 Å². The molecule has 0 bridgehead atoms. The molecule has 3 aromatic rings. The molecule has 0 aliphatic rings. The van der Waals surface area contributed by atoms with Crippen LogP contribution in [-0.2, 0) is 0 Å². The number of rotatable bonds is 7. The molecule has 0 aromatic heterocycles. The van der Waals surface area contributed by atoms with E-state index in [1.807, 2.05) is 24.3 Å². The number of phenolic OH excluding ortho intramolecular Hbond substituents is 4. The van der Waals surface area contributed by atoms with Gasteiger partial charge in [0.2, 0.25) is 0 Å². The maximum atomic E-state index is 7.20. The van der Waals surface area contributed by atoms with Crippen LogP contribution in [0.15, 0.2) is 66.7 Å². The second-order valence-corrected chi connectivity index (χ2v) is 5.28. The quantitative estimate of drug-likeness (QED) is 0.396. The molecular formula is C19H16O4. The number of hydrogen-bond donors (Lipinski definition) is 4. The van der Waals surface area contributed by atoms with Gasteiger partial charge in [0.1, 0.15) is 11.5 Å². The first-order valence-corrected chi connectivity index (χ1v) is 7.06. The Morgan fingerprint density at radius 1 is 0.565 bits per heavy atom. The summed E-state index contributed by atoms with van der Waals surface area (Å²) in [5.41, 5.74) is 2.66. The minimum Gasteiger partial charge on any atom is -0.508 e. The molecule has 0 saturated carbocycles. The summed E-state index contributed by atoms with van der Waals surface area (Å²) in [5, 5.41) is 18.0. The molecule has 0 unspecified atom stereocenters. The fraction of sp³-hybridized carbons (Fsp3) is 0.0526. The maximum absolute atomic E-state index is 7.20. The van der Waals surface area contributed by atoms with Crippen molar-refractivity contribution in [1.82, 2.24) is 0 Å². The van der Waals surface area contributed by atoms with Gasteiger partial charge >= 0.3 is 0 Å². The van der Waals surface area contributed by atoms with Gasteiger partial charge in [-0.25, -0.2) is 0 Å². The normalized spacial score (nSPS) is 12.6. The second kappa shape index (κ2) is 5.93. The summed E-state index contributed by atoms with van der Waals surface area (Å²) in [6, 6.07) is 19.2. The highest BCUT2D eigenvalue weighted by Gasteiger charge is 2.18. The SMILES string of the molecule is [2H]Oc1ccc(C(c2ccc(O[2H])cc2)c2ccc(O[2H])c(O[2H])c2)cc1. The minimum atomic E-state index is -0.224. The van der Waals surface area contributed by atoms with Crippen LogP contribution < -0.4 is 0 Å². The lowest BCUT2D eigenvalue weighted by atomic mass is 9.85. The van der Waals surface area contributed by atoms with Crippen molar-refractivity contribution in [2.75, 3.05) is 0 Å². The van der Waals surface area contributed by atoms with Crippen molar-refractivity contribution in [1.29, 1.82) is 5.72 Å². The number of hydrogen-bond acceptors (Lipinski definition) is 4. The molecule has 3 aromatic carbocycles. The summed E-state index contributed by atoms with van der Waals surface area (Å²) in [6.07, 6.45) is 0. The highest BCUT2D eigenvalue weighted by atomic mass is 16.3. The van der Waals surface area contributed by atoms with Gasteiger partial charge in [0, 0.05) is 5.92 Å². The van der Waals surface area contributed by atoms with E-state index in [-0.39, 0.29) is 17.4 Å². The van der Waals surface area contributed by atoms with Crippen molar-refractivity contribution in [2.24, 2.45) is 0 Å². The highest BCUT2D eigenvalue weighted by Crippen LogP contribution is 2.37. The summed E-state index contributed by atoms with van der Waals surface area (Å²) in [4.78, 5) is 0. The van der Waals surface area contributed by atoms with Gasteiger partial charge < -0.3 is 20.4 Å². The first-order chi connectivity index (χ1) is 13.2. The molecule has 4 nitrogen and oxygen atoms in total. The van der Waals surface area contributed by atoms with Crippen LogP contribution in [0.25, 0.3) is 0 Å². The first-order valence-electron chi connectivity index (χ1n) is 8.70. The molecule has 4 N–H and O–H groups in total. The summed E-state index contributed by atoms with van der Waals surface area (Å²) in [7, 11) is 0. The molecule has 0 aliphatic carbocycles. The zero-order valence-corrected chi connectivity index (χ0v) is 12.1. The Labute approximate surface area is 139 Å². The maximum Gasteiger partial charge on any atom is 0.293 e. The third kappa shape index (κ3) is 3.06. The van der Waals surface area contributed by atoms with Gasteiger partial charge in [-0.3, -0.25) is 0 Å². The van der Waals surface area contributed by atoms with E-state index in [4.69, 9.17) is 5.72 Å². The minimum absolute atomic E-state index is 0.129. The van der Waals surface area contributed by atoms with E-state index in [1.54, 1.807) is 42.5 Å². The lowest BCUT2D eigenvalue weighted by Crippen LogP contribution is -2.03. The molecule has 3 rings (SSSR count). The molecule has 0 atom stereocenters. The van der Waals surface area contributed by atoms with Gasteiger partial charge in [0.25, 0.3) is 5.72 Å². The van der Waals surface area contributed by atoms with E-state index in [0.717, 1.165) is 16.7 Å². The van der Waals surface area contributed by atoms with Crippen molar-refractivity contribution in [2.45, 2.75) is 5.92 Å². The van der Waals surface area contributed by atoms with E-state index < -0.39 is 0 Å². The van der Waals surface area contributed by atoms with Crippen LogP contribution in [-0.4, -0.2) is 26.2 Å². The zero-order valence-electron chi connectivity index (χ0n) is 16.1. The molecule has 0 amide bonds. The average Bonchev–Trinajstić information content (AvgIpc) is 2.74. The van der Waals surface area contributed by atoms with Crippen molar-refractivity contribution in [3.63, 3.8) is 0 Å². The number of aromatic hydroxyl groups is 4. The van der Waals surface area contributed by atoms with Gasteiger partial charge in [0.05, 0.1) is 0 Å². The predicted molar refractivity (Wildman–Crippen MR) is 86.9 cm³/mol. The molecule has 4 heteroatoms. The third-order valence-corrected chi connectivity index (χ3v) is 3.73. The van der Waals surface area contributed by atoms with Gasteiger partial charge in [-0.15, -0.1) is 0 Å². The topological polar surface area (TPSA) is 80.9 Å². The van der Waals surface area contributed by atoms with Gasteiger partial charge in [-0.05, 0) is 53.1 Å². The molecule has 0 fully saturated rings. The summed E-state index contributed by atoms with van der Waals surface area (Å²) >= 11 is 0. The van der Waals surface area contributed by atoms with E-state index >= 15 is 0 Å². The van der Waals surface area contributed by atoms with E-state index in [9.17, 15) is 0 Å². The van der Waals surface area contributed by atoms with Gasteiger partial charge in [-0.2, -0.15) is 0 Å². The Kier molecular flexibility index (Phi) is 2.72. The lowest BCUT2D eigenvalue weighted by molar-refractivity contribution is 0.403. The van der Waals surface area contributed by atoms with Crippen molar-refractivity contribution in [3.8, 4) is 23.0 Å². The predicted octanol–water partition coefficient (Wildman–Crippen LogP) is 3.69. The van der Waals surface area contributed by atoms with Crippen LogP contribution in [0.4, 0.5) is 0 Å². The monoisotopic (exact) mass is 312 g/mol. The number of benzene rings is 3. The van der Waals surface area contributed by atoms with Gasteiger partial charge in [-0.1, -0.05) is 30.3 Å². The van der Waals surface area contributed by atoms with E-state index in [1.165, 1.54) is 0 Å². The molecule has 0 aliphatic heterocycles. The Bertz CT molecular complexity index is 838. The lowest BCUT2D eigenvalue weighted by Gasteiger charge is -2.19. The fourth-order valence-electron chi connectivity index (χ4n) is 2.60. The fourth-order valence-corrected chi connectivity index (χ4v) is 2.60. The first kappa shape index (κ1) is 10.6. The third-order valence-electron chi connectivity index (χ3n) is 3.73. The molecule has 0 radical (unpaired) electrons. The van der Waals surface area contributed by atoms with Crippen molar-refractivity contribution < 1.29 is 20.4 Å². The van der Waals surface area contributed by atoms with Crippen LogP contribution in [0.5, 0.6) is 23.0 Å². The summed E-state index contributed by atoms with van der Waals surface area (Å²) in [5.74, 6) is 0.888. The molecule has 0 heterocycles. The van der Waals surface area contributed by atoms with Crippen LogP contribution >= 0.6 is 0 Å². The summed E-state index contributed by atoms with van der Waals surface area (Å²) < 4.78 is 28.2. The molecule has 0 saturated heterocycles. The smallest absolute Gasteiger partial charge is 0.293 e. The van der Waals surface area contributed by atoms with Crippen LogP contribution in [0.2, 0.25) is 0 Å². The van der Waals surface area contributed by atoms with Crippen LogP contribution in [0.3, 0.4) is 0 Å². The Hall–Kier alpha value is -3.14. The highest BCUT2D eigenvalue weighted by molar-refractivity contribution is 5.50. The van der Waals surface area contributed by atoms with Crippen LogP contribution in [0, 0.1) is 0 Å². The summed E-state index contributed by atoms with van der Waals surface area (Å²) in [6.45, 7) is 0. The van der Waals surface area contributed by atoms with Crippen molar-refractivity contribution >= 4 is 0 Å². The molecule has 116 valence electrons. The largest absolute Gasteiger partial charge is 0.508 e. The van der Waals surface area contributed by atoms with Crippen molar-refractivity contribution in [3.05, 3.63) is 83.4 Å². The number of phenols is 4. The standard InChI is InChI=1S/C19H16O4/c20-15-6-1-12(2-7-15)19(13-3-8-16(21)9-4-13)14-5-10-17(22)18(23)11-14/h1-11,19-23H/i/hD4. The Balaban J connectivity index is 2.10. The van der Waals surface area contributed by atoms with Gasteiger partial charge in [0.15, 0.2) is 11.5 Å². The molecular weight excluding hydrogens is 292 g/mol. The Morgan fingerprint density at radius 3 is 1.57 bits per heavy atom. The molecule has 23 heavy (non-hydrogen) atoms. The zero-order chi connectivity index (χ0) is 19.2. The second-order valence-electron chi connectivity index (χ2n) is 5.28. The van der Waals surface area contributed by atoms with E-state index in [2.05, 4.69) is 20.4 Å². The molecule has 0 spiro atoms.